The number of rotatable bonds is 3. The van der Waals surface area contributed by atoms with Gasteiger partial charge in [0, 0.05) is 23.6 Å². The molecule has 4 rings (SSSR count). The Bertz CT molecular complexity index is 1200. The number of hydrogen-bond donors (Lipinski definition) is 0. The highest BCUT2D eigenvalue weighted by Crippen LogP contribution is 2.35. The van der Waals surface area contributed by atoms with Crippen molar-refractivity contribution in [2.24, 2.45) is 7.05 Å². The molecule has 0 saturated carbocycles. The van der Waals surface area contributed by atoms with Crippen molar-refractivity contribution in [2.45, 2.75) is 6.92 Å². The molecule has 0 aliphatic carbocycles. The van der Waals surface area contributed by atoms with Crippen molar-refractivity contribution in [1.82, 2.24) is 4.57 Å². The summed E-state index contributed by atoms with van der Waals surface area (Å²) in [4.78, 5) is 24.9. The molecule has 0 fully saturated rings. The Morgan fingerprint density at radius 1 is 0.741 bits per heavy atom. The topological polar surface area (TPSA) is 39.1 Å². The highest BCUT2D eigenvalue weighted by Gasteiger charge is 2.18. The number of para-hydroxylation sites is 1. The Hall–Kier alpha value is -3.46. The maximum Gasteiger partial charge on any atom is 0.259 e. The highest BCUT2D eigenvalue weighted by molar-refractivity contribution is 6.03. The predicted octanol–water partition coefficient (Wildman–Crippen LogP) is 5.08. The van der Waals surface area contributed by atoms with E-state index in [4.69, 9.17) is 0 Å². The highest BCUT2D eigenvalue weighted by atomic mass is 16.1. The molecule has 0 bridgehead atoms. The average Bonchev–Trinajstić information content (AvgIpc) is 2.71. The van der Waals surface area contributed by atoms with E-state index in [-0.39, 0.29) is 11.3 Å². The Morgan fingerprint density at radius 2 is 1.33 bits per heavy atom. The van der Waals surface area contributed by atoms with E-state index in [1.165, 1.54) is 0 Å². The Labute approximate surface area is 157 Å². The Morgan fingerprint density at radius 3 is 2.00 bits per heavy atom. The second kappa shape index (κ2) is 6.69. The summed E-state index contributed by atoms with van der Waals surface area (Å²) >= 11 is 0. The van der Waals surface area contributed by atoms with E-state index < -0.39 is 0 Å². The third-order valence-corrected chi connectivity index (χ3v) is 4.95. The first kappa shape index (κ1) is 17.0. The monoisotopic (exact) mass is 353 g/mol. The van der Waals surface area contributed by atoms with Gasteiger partial charge in [-0.05, 0) is 24.1 Å². The first-order valence-electron chi connectivity index (χ1n) is 8.86. The van der Waals surface area contributed by atoms with Gasteiger partial charge in [-0.1, -0.05) is 72.8 Å². The zero-order valence-electron chi connectivity index (χ0n) is 15.3. The van der Waals surface area contributed by atoms with Gasteiger partial charge in [0.15, 0.2) is 5.78 Å². The lowest BCUT2D eigenvalue weighted by Gasteiger charge is -2.16. The lowest BCUT2D eigenvalue weighted by Crippen LogP contribution is -2.20. The zero-order valence-corrected chi connectivity index (χ0v) is 15.3. The quantitative estimate of drug-likeness (QED) is 0.482. The number of carbonyl (C=O) groups is 1. The fourth-order valence-electron chi connectivity index (χ4n) is 3.54. The van der Waals surface area contributed by atoms with E-state index in [1.54, 1.807) is 18.5 Å². The molecule has 27 heavy (non-hydrogen) atoms. The van der Waals surface area contributed by atoms with Gasteiger partial charge in [-0.2, -0.15) is 0 Å². The first-order chi connectivity index (χ1) is 13.1. The molecule has 0 radical (unpaired) electrons. The summed E-state index contributed by atoms with van der Waals surface area (Å²) in [5.74, 6) is 0.0265. The maximum atomic E-state index is 13.3. The van der Waals surface area contributed by atoms with Crippen molar-refractivity contribution >= 4 is 16.7 Å². The van der Waals surface area contributed by atoms with Gasteiger partial charge < -0.3 is 4.57 Å². The van der Waals surface area contributed by atoms with E-state index in [2.05, 4.69) is 0 Å². The zero-order chi connectivity index (χ0) is 19.0. The number of ketones is 1. The molecule has 0 spiro atoms. The van der Waals surface area contributed by atoms with E-state index in [1.807, 2.05) is 78.9 Å². The molecular weight excluding hydrogens is 334 g/mol. The summed E-state index contributed by atoms with van der Waals surface area (Å²) in [6.07, 6.45) is 0. The van der Waals surface area contributed by atoms with Crippen LogP contribution in [0.3, 0.4) is 0 Å². The summed E-state index contributed by atoms with van der Waals surface area (Å²) < 4.78 is 1.70. The number of carbonyl (C=O) groups excluding carboxylic acids is 1. The third-order valence-electron chi connectivity index (χ3n) is 4.95. The summed E-state index contributed by atoms with van der Waals surface area (Å²) in [5.41, 5.74) is 4.89. The summed E-state index contributed by atoms with van der Waals surface area (Å²) in [5, 5.41) is 1.01. The fourth-order valence-corrected chi connectivity index (χ4v) is 3.54. The van der Waals surface area contributed by atoms with E-state index in [0.29, 0.717) is 11.1 Å². The summed E-state index contributed by atoms with van der Waals surface area (Å²) in [6, 6.07) is 25.1. The normalized spacial score (nSPS) is 10.9. The van der Waals surface area contributed by atoms with E-state index in [0.717, 1.165) is 27.6 Å². The van der Waals surface area contributed by atoms with Gasteiger partial charge in [-0.3, -0.25) is 9.59 Å². The van der Waals surface area contributed by atoms with Crippen molar-refractivity contribution in [3.05, 3.63) is 94.8 Å². The van der Waals surface area contributed by atoms with Crippen molar-refractivity contribution in [3.8, 4) is 22.3 Å². The van der Waals surface area contributed by atoms with E-state index in [9.17, 15) is 9.59 Å². The van der Waals surface area contributed by atoms with Crippen LogP contribution in [0.15, 0.2) is 83.7 Å². The van der Waals surface area contributed by atoms with Crippen LogP contribution in [0.4, 0.5) is 0 Å². The summed E-state index contributed by atoms with van der Waals surface area (Å²) in [7, 11) is 1.81. The molecule has 0 aliphatic heterocycles. The Balaban J connectivity index is 2.13. The largest absolute Gasteiger partial charge is 0.311 e. The smallest absolute Gasteiger partial charge is 0.259 e. The number of fused-ring (bicyclic) bond motifs is 1. The number of pyridine rings is 1. The first-order valence-corrected chi connectivity index (χ1v) is 8.86. The second-order valence-electron chi connectivity index (χ2n) is 6.63. The minimum atomic E-state index is -0.0365. The molecule has 0 saturated heterocycles. The second-order valence-corrected chi connectivity index (χ2v) is 6.63. The van der Waals surface area contributed by atoms with Crippen molar-refractivity contribution in [3.63, 3.8) is 0 Å². The van der Waals surface area contributed by atoms with Crippen molar-refractivity contribution in [2.75, 3.05) is 0 Å². The van der Waals surface area contributed by atoms with Crippen LogP contribution in [0.5, 0.6) is 0 Å². The lowest BCUT2D eigenvalue weighted by atomic mass is 9.91. The van der Waals surface area contributed by atoms with Gasteiger partial charge in [-0.25, -0.2) is 0 Å². The molecule has 0 amide bonds. The SMILES string of the molecule is CC(=O)c1ccc(-c2c(-c3ccccc3)c(=O)n(C)c3ccccc23)cc1. The average molecular weight is 353 g/mol. The molecule has 1 aromatic heterocycles. The van der Waals surface area contributed by atoms with Gasteiger partial charge in [0.25, 0.3) is 5.56 Å². The lowest BCUT2D eigenvalue weighted by molar-refractivity contribution is 0.101. The fraction of sp³-hybridized carbons (Fsp3) is 0.0833. The van der Waals surface area contributed by atoms with Crippen LogP contribution in [-0.2, 0) is 7.05 Å². The van der Waals surface area contributed by atoms with Crippen LogP contribution in [-0.4, -0.2) is 10.4 Å². The number of Topliss-reactive ketones (excluding diaryl/α,β-unsaturated/α-hetero) is 1. The molecule has 1 heterocycles. The molecular formula is C24H19NO2. The van der Waals surface area contributed by atoms with Crippen LogP contribution in [0.1, 0.15) is 17.3 Å². The summed E-state index contributed by atoms with van der Waals surface area (Å²) in [6.45, 7) is 1.55. The molecule has 0 unspecified atom stereocenters. The maximum absolute atomic E-state index is 13.3. The number of nitrogens with zero attached hydrogens (tertiary/aromatic N) is 1. The molecule has 4 aromatic rings. The molecule has 3 aromatic carbocycles. The van der Waals surface area contributed by atoms with Crippen LogP contribution in [0.2, 0.25) is 0 Å². The minimum Gasteiger partial charge on any atom is -0.311 e. The van der Waals surface area contributed by atoms with Gasteiger partial charge >= 0.3 is 0 Å². The molecule has 132 valence electrons. The molecule has 0 N–H and O–H groups in total. The molecule has 0 atom stereocenters. The standard InChI is InChI=1S/C24H19NO2/c1-16(26)17-12-14-19(15-13-17)22-20-10-6-7-11-21(20)25(2)24(27)23(22)18-8-4-3-5-9-18/h3-15H,1-2H3. The van der Waals surface area contributed by atoms with Gasteiger partial charge in [0.1, 0.15) is 0 Å². The van der Waals surface area contributed by atoms with Gasteiger partial charge in [0.2, 0.25) is 0 Å². The number of hydrogen-bond acceptors (Lipinski definition) is 2. The molecule has 3 heteroatoms. The number of aromatic nitrogens is 1. The predicted molar refractivity (Wildman–Crippen MR) is 110 cm³/mol. The minimum absolute atomic E-state index is 0.0265. The van der Waals surface area contributed by atoms with E-state index >= 15 is 0 Å². The molecule has 3 nitrogen and oxygen atoms in total. The van der Waals surface area contributed by atoms with Crippen molar-refractivity contribution < 1.29 is 4.79 Å². The van der Waals surface area contributed by atoms with Gasteiger partial charge in [0.05, 0.1) is 11.1 Å². The van der Waals surface area contributed by atoms with Gasteiger partial charge in [-0.15, -0.1) is 0 Å². The number of benzene rings is 3. The van der Waals surface area contributed by atoms with Crippen LogP contribution >= 0.6 is 0 Å². The third kappa shape index (κ3) is 2.87. The van der Waals surface area contributed by atoms with Crippen LogP contribution in [0, 0.1) is 0 Å². The van der Waals surface area contributed by atoms with Crippen molar-refractivity contribution in [1.29, 1.82) is 0 Å². The Kier molecular flexibility index (Phi) is 4.21. The molecule has 0 aliphatic rings. The van der Waals surface area contributed by atoms with Crippen LogP contribution in [0.25, 0.3) is 33.2 Å². The van der Waals surface area contributed by atoms with Crippen LogP contribution < -0.4 is 5.56 Å². The number of aryl methyl sites for hydroxylation is 1.